The number of aliphatic carboxylic acids is 2. The number of ether oxygens (including phenoxy) is 4. The Morgan fingerprint density at radius 2 is 1.16 bits per heavy atom. The van der Waals surface area contributed by atoms with Crippen LogP contribution in [0.2, 0.25) is 0 Å². The summed E-state index contributed by atoms with van der Waals surface area (Å²) in [6.45, 7) is 9.27. The first kappa shape index (κ1) is 81.4. The van der Waals surface area contributed by atoms with Crippen LogP contribution in [0.3, 0.4) is 0 Å². The van der Waals surface area contributed by atoms with Gasteiger partial charge in [-0.05, 0) is 80.8 Å². The van der Waals surface area contributed by atoms with Crippen LogP contribution in [-0.2, 0) is 88.8 Å². The monoisotopic (exact) mass is 1460 g/mol. The van der Waals surface area contributed by atoms with Crippen LogP contribution in [-0.4, -0.2) is 292 Å². The number of anilines is 1. The number of carbonyl (C=O) groups excluding carboxylic acids is 8. The minimum absolute atomic E-state index is 0.00740. The number of aliphatic hydroxyl groups excluding tert-OH is 1. The number of phenolic OH excluding ortho intramolecular Hbond substituents is 2. The van der Waals surface area contributed by atoms with Crippen LogP contribution < -0.4 is 31.9 Å². The molecule has 542 valence electrons. The fraction of sp³-hybridized carbons (Fsp3) is 0.581. The molecule has 3 heterocycles. The number of aromatic nitrogens is 5. The van der Waals surface area contributed by atoms with E-state index >= 15 is 0 Å². The van der Waals surface area contributed by atoms with Gasteiger partial charge in [0.2, 0.25) is 34.7 Å². The summed E-state index contributed by atoms with van der Waals surface area (Å²) in [5, 5.41) is 82.9. The van der Waals surface area contributed by atoms with E-state index < -0.39 is 78.2 Å². The molecule has 6 amide bonds. The third-order valence-corrected chi connectivity index (χ3v) is 17.3. The van der Waals surface area contributed by atoms with Crippen LogP contribution in [0, 0.1) is 6.92 Å². The van der Waals surface area contributed by atoms with Gasteiger partial charge in [-0.15, -0.1) is 15.3 Å². The Morgan fingerprint density at radius 1 is 0.636 bits per heavy atom. The van der Waals surface area contributed by atoms with Crippen molar-refractivity contribution in [2.45, 2.75) is 114 Å². The van der Waals surface area contributed by atoms with Gasteiger partial charge in [0, 0.05) is 37.5 Å². The van der Waals surface area contributed by atoms with Gasteiger partial charge in [0.05, 0.1) is 38.4 Å². The van der Waals surface area contributed by atoms with E-state index in [9.17, 15) is 73.5 Å². The molecule has 0 spiro atoms. The fourth-order valence-corrected chi connectivity index (χ4v) is 11.1. The second-order valence-electron chi connectivity index (χ2n) is 23.4. The Morgan fingerprint density at radius 3 is 1.69 bits per heavy atom. The molecule has 2 radical (unpaired) electrons. The Bertz CT molecular complexity index is 3130. The van der Waals surface area contributed by atoms with Crippen LogP contribution >= 0.6 is 11.3 Å². The summed E-state index contributed by atoms with van der Waals surface area (Å²) in [6.07, 6.45) is 0.825. The molecule has 2 aromatic carbocycles. The average molecular weight is 1470 g/mol. The van der Waals surface area contributed by atoms with E-state index in [1.807, 2.05) is 26.5 Å². The first-order valence-corrected chi connectivity index (χ1v) is 34.0. The van der Waals surface area contributed by atoms with Gasteiger partial charge in [-0.1, -0.05) is 47.7 Å². The summed E-state index contributed by atoms with van der Waals surface area (Å²) in [5.41, 5.74) is 1.17. The SMILES string of the molecule is Cc1nnc(NC(=O)CCCc2cn(CCCC[C@H](NC(=O)C[C@H](NC(=O)C[C@H](NC(=O)CCC(C)(c3ccc(O)cc3)c3ccc(O)cc3)C(=O)O)C(=O)O)C(=O)NCCOCCOCCNC(=O)CN3CCN(COC=O)CCN(COC=O)CCN(CC(O)[O][68Ga])CC3)nn2)s1. The fourth-order valence-electron chi connectivity index (χ4n) is 10.4. The van der Waals surface area contributed by atoms with Crippen LogP contribution in [0.1, 0.15) is 86.5 Å². The summed E-state index contributed by atoms with van der Waals surface area (Å²) < 4.78 is 28.1. The van der Waals surface area contributed by atoms with E-state index in [-0.39, 0.29) is 115 Å². The number of rotatable bonds is 45. The molecule has 11 N–H and O–H groups in total. The molecule has 0 saturated carbocycles. The van der Waals surface area contributed by atoms with Gasteiger partial charge in [0.1, 0.15) is 34.6 Å². The van der Waals surface area contributed by atoms with Gasteiger partial charge >= 0.3 is 194 Å². The van der Waals surface area contributed by atoms with Gasteiger partial charge < -0.3 is 56.5 Å². The maximum atomic E-state index is 13.7. The van der Waals surface area contributed by atoms with Crippen molar-refractivity contribution < 1.29 is 96.0 Å². The van der Waals surface area contributed by atoms with Crippen molar-refractivity contribution in [2.75, 3.05) is 124 Å². The van der Waals surface area contributed by atoms with Crippen LogP contribution in [0.4, 0.5) is 5.13 Å². The van der Waals surface area contributed by atoms with E-state index in [1.54, 1.807) is 42.1 Å². The number of aryl methyl sites for hydroxylation is 3. The molecule has 1 fully saturated rings. The molecule has 35 nitrogen and oxygen atoms in total. The van der Waals surface area contributed by atoms with E-state index in [0.29, 0.717) is 119 Å². The molecule has 1 aliphatic rings. The van der Waals surface area contributed by atoms with Crippen LogP contribution in [0.15, 0.2) is 54.7 Å². The van der Waals surface area contributed by atoms with Crippen molar-refractivity contribution in [2.24, 2.45) is 0 Å². The molecule has 5 rings (SSSR count). The molecule has 99 heavy (non-hydrogen) atoms. The number of aromatic hydroxyl groups is 2. The molecular formula is C62H90GaN15O20S. The third kappa shape index (κ3) is 31.7. The maximum Gasteiger partial charge on any atom is -0.0672 e. The number of β-amino-alcohol motifs (C(OH)–C–C–N with tert-alkyl or cyclic N) is 1. The molecule has 0 bridgehead atoms. The number of nitrogens with one attached hydrogen (secondary N) is 6. The zero-order chi connectivity index (χ0) is 72.0. The Balaban J connectivity index is 1.10. The molecule has 37 heteroatoms. The summed E-state index contributed by atoms with van der Waals surface area (Å²) in [4.78, 5) is 134. The molecule has 2 aromatic heterocycles. The van der Waals surface area contributed by atoms with Crippen LogP contribution in [0.5, 0.6) is 11.5 Å². The van der Waals surface area contributed by atoms with Crippen molar-refractivity contribution in [3.8, 4) is 11.5 Å². The Hall–Kier alpha value is -8.24. The normalized spacial score (nSPS) is 14.9. The van der Waals surface area contributed by atoms with Crippen molar-refractivity contribution in [1.82, 2.24) is 71.4 Å². The largest absolute Gasteiger partial charge is 0.135 e. The van der Waals surface area contributed by atoms with Crippen molar-refractivity contribution in [1.29, 1.82) is 0 Å². The summed E-state index contributed by atoms with van der Waals surface area (Å²) >= 11 is 2.18. The molecule has 0 aliphatic carbocycles. The number of hydrogen-bond donors (Lipinski definition) is 11. The number of aliphatic hydroxyl groups is 1. The van der Waals surface area contributed by atoms with Gasteiger partial charge in [0.25, 0.3) is 6.47 Å². The average Bonchev–Trinajstić information content (AvgIpc) is 0.881. The smallest absolute Gasteiger partial charge is 0.0672 e. The Labute approximate surface area is 586 Å². The van der Waals surface area contributed by atoms with Gasteiger partial charge in [0.15, 0.2) is 0 Å². The predicted octanol–water partition coefficient (Wildman–Crippen LogP) is -1.66. The van der Waals surface area contributed by atoms with Gasteiger partial charge in [-0.25, -0.2) is 9.59 Å². The number of hydrogen-bond acceptors (Lipinski definition) is 27. The first-order valence-electron chi connectivity index (χ1n) is 32.2. The summed E-state index contributed by atoms with van der Waals surface area (Å²) in [5.74, 6) is -7.16. The van der Waals surface area contributed by atoms with Gasteiger partial charge in [-0.2, -0.15) is 0 Å². The maximum absolute atomic E-state index is 13.7. The molecule has 4 atom stereocenters. The second-order valence-corrected chi connectivity index (χ2v) is 25.2. The zero-order valence-electron chi connectivity index (χ0n) is 55.5. The van der Waals surface area contributed by atoms with Gasteiger partial charge in [-0.3, -0.25) is 33.4 Å². The van der Waals surface area contributed by atoms with Crippen LogP contribution in [0.25, 0.3) is 0 Å². The van der Waals surface area contributed by atoms with E-state index in [4.69, 9.17) is 22.5 Å². The van der Waals surface area contributed by atoms with E-state index in [0.717, 1.165) is 24.0 Å². The zero-order valence-corrected chi connectivity index (χ0v) is 58.8. The Kier molecular flexibility index (Phi) is 36.8. The van der Waals surface area contributed by atoms with E-state index in [2.05, 4.69) is 52.4 Å². The minimum atomic E-state index is -1.89. The number of nitrogens with zero attached hydrogens (tertiary/aromatic N) is 9. The second kappa shape index (κ2) is 44.7. The molecule has 1 saturated heterocycles. The number of carboxylic acid groups (broad SMARTS) is 2. The number of carbonyl (C=O) groups is 10. The molecular weight excluding hydrogens is 1370 g/mol. The third-order valence-electron chi connectivity index (χ3n) is 15.9. The summed E-state index contributed by atoms with van der Waals surface area (Å²) in [6, 6.07) is 7.65. The number of amides is 6. The van der Waals surface area contributed by atoms with Crippen molar-refractivity contribution >= 4 is 95.8 Å². The number of phenols is 2. The topological polar surface area (TPSA) is 460 Å². The van der Waals surface area contributed by atoms with E-state index in [1.165, 1.54) is 35.6 Å². The number of benzene rings is 2. The molecule has 1 unspecified atom stereocenters. The standard InChI is InChI=1S/C62H90N15O20S.Ga/c1-43-69-71-61(98-43)68-52(82)8-5-6-46-36-77(72-70-46)21-4-3-7-49(65-54(84)35-51(60(92)93)67-55(85)34-50(59(90)91)66-53(83)17-18-62(2,44-9-13-47(80)14-10-44)45-11-15-48(81)16-12-45)58(89)64-20-31-95-33-32-94-30-19-63-56(86)37-73-22-23-74(38-57(87)88)25-27-76(40-97-42-79)29-28-75(26-24-73)39-96-41-78;/h9-16,36,41-42,49-51,57,80-81,87H,3-8,17-35,37-40H2,1-2H3,(H,63,86)(H,64,89)(H,65,84)(H,66,83)(H,67,85)(H,90,91)(H,92,93)(H,68,71,82);/q-1;+1/t49-,50-,51-,57?;/m0./s1/i;1-2. The summed E-state index contributed by atoms with van der Waals surface area (Å²) in [7, 11) is 0. The quantitative estimate of drug-likeness (QED) is 0.0102. The predicted molar refractivity (Wildman–Crippen MR) is 353 cm³/mol. The molecule has 1 aliphatic heterocycles. The first-order chi connectivity index (χ1) is 47.5. The van der Waals surface area contributed by atoms with Crippen molar-refractivity contribution in [3.05, 3.63) is 76.6 Å². The molecule has 4 aromatic rings. The number of carboxylic acids is 2. The minimum Gasteiger partial charge on any atom is -0.135 e. The number of unbranched alkanes of at least 4 members (excludes halogenated alkanes) is 1. The van der Waals surface area contributed by atoms with Crippen molar-refractivity contribution in [3.63, 3.8) is 0 Å².